The van der Waals surface area contributed by atoms with Crippen LogP contribution in [0.3, 0.4) is 0 Å². The van der Waals surface area contributed by atoms with Crippen molar-refractivity contribution in [3.63, 3.8) is 0 Å². The number of fused-ring (bicyclic) bond motifs is 3. The second-order valence-electron chi connectivity index (χ2n) is 6.18. The molecule has 0 spiro atoms. The summed E-state index contributed by atoms with van der Waals surface area (Å²) < 4.78 is 20.1. The molecule has 2 aromatic heterocycles. The summed E-state index contributed by atoms with van der Waals surface area (Å²) in [7, 11) is 0. The van der Waals surface area contributed by atoms with E-state index >= 15 is 0 Å². The molecule has 0 saturated carbocycles. The first-order valence-corrected chi connectivity index (χ1v) is 8.66. The Morgan fingerprint density at radius 2 is 1.86 bits per heavy atom. The van der Waals surface area contributed by atoms with Gasteiger partial charge in [0.15, 0.2) is 0 Å². The van der Waals surface area contributed by atoms with Gasteiger partial charge in [-0.05, 0) is 36.1 Å². The lowest BCUT2D eigenvalue weighted by Gasteiger charge is -2.06. The van der Waals surface area contributed by atoms with Crippen molar-refractivity contribution < 1.29 is 18.8 Å². The van der Waals surface area contributed by atoms with E-state index in [4.69, 9.17) is 4.74 Å². The van der Waals surface area contributed by atoms with Gasteiger partial charge in [-0.25, -0.2) is 9.18 Å². The van der Waals surface area contributed by atoms with E-state index in [0.29, 0.717) is 16.5 Å². The van der Waals surface area contributed by atoms with Gasteiger partial charge in [0.2, 0.25) is 0 Å². The molecule has 0 radical (unpaired) electrons. The van der Waals surface area contributed by atoms with Crippen molar-refractivity contribution in [3.8, 4) is 11.1 Å². The monoisotopic (exact) mass is 378 g/mol. The Kier molecular flexibility index (Phi) is 4.27. The second kappa shape index (κ2) is 6.77. The van der Waals surface area contributed by atoms with Gasteiger partial charge in [0.1, 0.15) is 17.0 Å². The van der Waals surface area contributed by atoms with E-state index in [2.05, 4.69) is 0 Å². The fraction of sp³-hybridized carbons (Fsp3) is 0.0952. The Morgan fingerprint density at radius 1 is 1.14 bits per heavy atom. The fourth-order valence-corrected chi connectivity index (χ4v) is 3.46. The smallest absolute Gasteiger partial charge is 0.356 e. The lowest BCUT2D eigenvalue weighted by atomic mass is 10.0. The molecule has 0 amide bonds. The molecular weight excluding hydrogens is 363 g/mol. The normalized spacial score (nSPS) is 11.1. The van der Waals surface area contributed by atoms with Crippen molar-refractivity contribution in [2.45, 2.75) is 6.92 Å². The third-order valence-electron chi connectivity index (χ3n) is 4.58. The summed E-state index contributed by atoms with van der Waals surface area (Å²) in [5.41, 5.74) is 0.599. The average Bonchev–Trinajstić information content (AvgIpc) is 3.04. The minimum Gasteiger partial charge on any atom is -0.461 e. The zero-order valence-corrected chi connectivity index (χ0v) is 14.9. The molecule has 6 nitrogen and oxygen atoms in total. The van der Waals surface area contributed by atoms with Crippen molar-refractivity contribution in [1.82, 2.24) is 4.40 Å². The van der Waals surface area contributed by atoms with Crippen LogP contribution in [0.5, 0.6) is 0 Å². The Balaban J connectivity index is 2.21. The third kappa shape index (κ3) is 2.68. The molecule has 4 aromatic rings. The number of benzene rings is 2. The third-order valence-corrected chi connectivity index (χ3v) is 4.58. The molecule has 0 N–H and O–H groups in total. The topological polar surface area (TPSA) is 73.8 Å². The Morgan fingerprint density at radius 3 is 2.54 bits per heavy atom. The molecule has 140 valence electrons. The predicted molar refractivity (Wildman–Crippen MR) is 103 cm³/mol. The Labute approximate surface area is 158 Å². The molecule has 0 bridgehead atoms. The number of aromatic nitrogens is 1. The van der Waals surface area contributed by atoms with Gasteiger partial charge in [-0.15, -0.1) is 0 Å². The summed E-state index contributed by atoms with van der Waals surface area (Å²) >= 11 is 0. The average molecular weight is 378 g/mol. The van der Waals surface area contributed by atoms with E-state index in [1.54, 1.807) is 31.3 Å². The van der Waals surface area contributed by atoms with Gasteiger partial charge in [0.05, 0.1) is 17.1 Å². The lowest BCUT2D eigenvalue weighted by molar-refractivity contribution is -0.382. The maximum atomic E-state index is 13.4. The fourth-order valence-electron chi connectivity index (χ4n) is 3.46. The van der Waals surface area contributed by atoms with E-state index < -0.39 is 16.7 Å². The number of esters is 1. The highest BCUT2D eigenvalue weighted by molar-refractivity contribution is 6.10. The molecular formula is C21H15FN2O4. The molecule has 0 saturated heterocycles. The lowest BCUT2D eigenvalue weighted by Crippen LogP contribution is -2.09. The summed E-state index contributed by atoms with van der Waals surface area (Å²) in [5, 5.41) is 13.5. The van der Waals surface area contributed by atoms with Crippen LogP contribution in [0.2, 0.25) is 0 Å². The summed E-state index contributed by atoms with van der Waals surface area (Å²) in [4.78, 5) is 24.3. The van der Waals surface area contributed by atoms with Crippen LogP contribution in [-0.2, 0) is 4.74 Å². The molecule has 28 heavy (non-hydrogen) atoms. The van der Waals surface area contributed by atoms with E-state index in [0.717, 1.165) is 5.39 Å². The van der Waals surface area contributed by atoms with E-state index in [9.17, 15) is 19.3 Å². The van der Waals surface area contributed by atoms with Gasteiger partial charge in [0.25, 0.3) is 0 Å². The number of carbonyl (C=O) groups excluding carboxylic acids is 1. The van der Waals surface area contributed by atoms with Crippen molar-refractivity contribution in [2.24, 2.45) is 0 Å². The van der Waals surface area contributed by atoms with Crippen LogP contribution in [0.15, 0.2) is 60.8 Å². The minimum atomic E-state index is -0.680. The van der Waals surface area contributed by atoms with E-state index in [-0.39, 0.29) is 23.6 Å². The molecule has 2 heterocycles. The number of halogens is 1. The molecule has 2 aromatic carbocycles. The highest BCUT2D eigenvalue weighted by Gasteiger charge is 2.33. The first-order valence-electron chi connectivity index (χ1n) is 8.66. The van der Waals surface area contributed by atoms with Gasteiger partial charge >= 0.3 is 11.7 Å². The predicted octanol–water partition coefficient (Wildman–Crippen LogP) is 4.98. The largest absolute Gasteiger partial charge is 0.461 e. The molecule has 7 heteroatoms. The molecule has 0 aliphatic heterocycles. The van der Waals surface area contributed by atoms with Crippen LogP contribution in [0, 0.1) is 15.9 Å². The molecule has 4 rings (SSSR count). The van der Waals surface area contributed by atoms with Crippen LogP contribution < -0.4 is 0 Å². The van der Waals surface area contributed by atoms with E-state index in [1.165, 1.54) is 28.7 Å². The van der Waals surface area contributed by atoms with Crippen molar-refractivity contribution >= 4 is 27.9 Å². The highest BCUT2D eigenvalue weighted by atomic mass is 19.1. The first-order chi connectivity index (χ1) is 13.5. The number of nitro groups is 1. The van der Waals surface area contributed by atoms with Crippen LogP contribution in [0.4, 0.5) is 10.1 Å². The number of nitrogens with zero attached hydrogens (tertiary/aromatic N) is 2. The molecule has 0 atom stereocenters. The maximum absolute atomic E-state index is 13.4. The maximum Gasteiger partial charge on any atom is 0.356 e. The number of pyridine rings is 1. The van der Waals surface area contributed by atoms with Crippen LogP contribution in [-0.4, -0.2) is 21.9 Å². The highest BCUT2D eigenvalue weighted by Crippen LogP contribution is 2.42. The van der Waals surface area contributed by atoms with Crippen LogP contribution in [0.25, 0.3) is 27.4 Å². The number of hydrogen-bond donors (Lipinski definition) is 0. The molecule has 0 fully saturated rings. The number of ether oxygens (including phenoxy) is 1. The summed E-state index contributed by atoms with van der Waals surface area (Å²) in [6, 6.07) is 14.2. The number of hydrogen-bond acceptors (Lipinski definition) is 4. The van der Waals surface area contributed by atoms with Crippen molar-refractivity contribution in [3.05, 3.63) is 82.4 Å². The minimum absolute atomic E-state index is 0.0425. The van der Waals surface area contributed by atoms with Gasteiger partial charge in [-0.1, -0.05) is 36.4 Å². The van der Waals surface area contributed by atoms with Crippen LogP contribution >= 0.6 is 0 Å². The molecule has 0 unspecified atom stereocenters. The SMILES string of the molecule is CCOC(=O)c1c(-c2ccc(F)cc2)c([N+](=O)[O-])c2c3ccccc3ccn12. The molecule has 0 aliphatic carbocycles. The zero-order chi connectivity index (χ0) is 19.8. The standard InChI is InChI=1S/C21H15FN2O4/c1-2-28-21(25)20-17(14-7-9-15(22)10-8-14)19(24(26)27)18-16-6-4-3-5-13(16)11-12-23(18)20/h3-12H,2H2,1H3. The first kappa shape index (κ1) is 17.7. The van der Waals surface area contributed by atoms with Gasteiger partial charge in [-0.2, -0.15) is 0 Å². The number of carbonyl (C=O) groups is 1. The van der Waals surface area contributed by atoms with Crippen molar-refractivity contribution in [2.75, 3.05) is 6.61 Å². The second-order valence-corrected chi connectivity index (χ2v) is 6.18. The molecule has 0 aliphatic rings. The Bertz CT molecular complexity index is 1230. The van der Waals surface area contributed by atoms with Crippen molar-refractivity contribution in [1.29, 1.82) is 0 Å². The summed E-state index contributed by atoms with van der Waals surface area (Å²) in [6.45, 7) is 1.78. The van der Waals surface area contributed by atoms with Gasteiger partial charge in [-0.3, -0.25) is 10.1 Å². The van der Waals surface area contributed by atoms with E-state index in [1.807, 2.05) is 12.1 Å². The van der Waals surface area contributed by atoms with Crippen LogP contribution in [0.1, 0.15) is 17.4 Å². The Hall–Kier alpha value is -3.74. The summed E-state index contributed by atoms with van der Waals surface area (Å²) in [6.07, 6.45) is 1.62. The zero-order valence-electron chi connectivity index (χ0n) is 14.9. The summed E-state index contributed by atoms with van der Waals surface area (Å²) in [5.74, 6) is -1.15. The van der Waals surface area contributed by atoms with Gasteiger partial charge < -0.3 is 9.14 Å². The van der Waals surface area contributed by atoms with Gasteiger partial charge in [0, 0.05) is 11.6 Å². The quantitative estimate of drug-likeness (QED) is 0.285. The number of rotatable bonds is 4.